The van der Waals surface area contributed by atoms with E-state index in [-0.39, 0.29) is 11.7 Å². The Morgan fingerprint density at radius 2 is 1.33 bits per heavy atom. The largest absolute Gasteiger partial charge is 0.390 e. The van der Waals surface area contributed by atoms with Gasteiger partial charge in [-0.2, -0.15) is 0 Å². The average molecular weight is 402 g/mol. The number of hydrogen-bond donors (Lipinski definition) is 3. The summed E-state index contributed by atoms with van der Waals surface area (Å²) in [6.07, 6.45) is 1.26. The first kappa shape index (κ1) is 22.5. The minimum atomic E-state index is -0.154. The van der Waals surface area contributed by atoms with E-state index in [1.807, 2.05) is 42.5 Å². The molecule has 0 fully saturated rings. The molecule has 3 aromatic carbocycles. The SMILES string of the molecule is CN.NC=NCc1ccc(C(=O)NCc2ccc(C(=O)c3ccccc3)cc2)cc1. The van der Waals surface area contributed by atoms with Crippen molar-refractivity contribution in [2.75, 3.05) is 7.05 Å². The fourth-order valence-electron chi connectivity index (χ4n) is 2.73. The lowest BCUT2D eigenvalue weighted by Gasteiger charge is -2.07. The van der Waals surface area contributed by atoms with Crippen molar-refractivity contribution in [1.29, 1.82) is 0 Å². The second-order valence-corrected chi connectivity index (χ2v) is 6.26. The molecule has 5 N–H and O–H groups in total. The van der Waals surface area contributed by atoms with Gasteiger partial charge < -0.3 is 16.8 Å². The molecule has 0 radical (unpaired) electrons. The van der Waals surface area contributed by atoms with Crippen molar-refractivity contribution in [3.05, 3.63) is 107 Å². The molecular formula is C24H26N4O2. The standard InChI is InChI=1S/C23H21N3O2.CH5N/c24-16-25-14-17-8-12-21(13-9-17)23(28)26-15-18-6-10-20(11-7-18)22(27)19-4-2-1-3-5-19;1-2/h1-13,16H,14-15H2,(H2,24,25)(H,26,28);2H2,1H3. The highest BCUT2D eigenvalue weighted by Crippen LogP contribution is 2.11. The Kier molecular flexibility index (Phi) is 8.96. The second kappa shape index (κ2) is 11.9. The predicted molar refractivity (Wildman–Crippen MR) is 120 cm³/mol. The Labute approximate surface area is 176 Å². The number of carbonyl (C=O) groups excluding carboxylic acids is 2. The smallest absolute Gasteiger partial charge is 0.251 e. The van der Waals surface area contributed by atoms with E-state index in [0.717, 1.165) is 11.1 Å². The van der Waals surface area contributed by atoms with E-state index in [1.165, 1.54) is 13.4 Å². The number of nitrogens with one attached hydrogen (secondary N) is 1. The molecule has 0 saturated heterocycles. The summed E-state index contributed by atoms with van der Waals surface area (Å²) in [4.78, 5) is 28.7. The fourth-order valence-corrected chi connectivity index (χ4v) is 2.73. The molecule has 0 atom stereocenters. The third kappa shape index (κ3) is 6.39. The van der Waals surface area contributed by atoms with E-state index in [1.54, 1.807) is 36.4 Å². The highest BCUT2D eigenvalue weighted by molar-refractivity contribution is 6.08. The van der Waals surface area contributed by atoms with Crippen LogP contribution in [0.25, 0.3) is 0 Å². The van der Waals surface area contributed by atoms with Crippen molar-refractivity contribution < 1.29 is 9.59 Å². The maximum atomic E-state index is 12.4. The molecule has 0 aliphatic carbocycles. The lowest BCUT2D eigenvalue weighted by Crippen LogP contribution is -2.22. The van der Waals surface area contributed by atoms with Crippen LogP contribution in [0, 0.1) is 0 Å². The van der Waals surface area contributed by atoms with Gasteiger partial charge in [-0.15, -0.1) is 0 Å². The van der Waals surface area contributed by atoms with Crippen molar-refractivity contribution in [1.82, 2.24) is 5.32 Å². The van der Waals surface area contributed by atoms with Crippen LogP contribution in [-0.2, 0) is 13.1 Å². The highest BCUT2D eigenvalue weighted by Gasteiger charge is 2.09. The molecule has 30 heavy (non-hydrogen) atoms. The van der Waals surface area contributed by atoms with Gasteiger partial charge in [0, 0.05) is 23.2 Å². The zero-order chi connectivity index (χ0) is 21.8. The maximum absolute atomic E-state index is 12.4. The summed E-state index contributed by atoms with van der Waals surface area (Å²) in [5.74, 6) is -0.173. The van der Waals surface area contributed by atoms with E-state index in [0.29, 0.717) is 29.8 Å². The Morgan fingerprint density at radius 3 is 1.93 bits per heavy atom. The molecule has 0 heterocycles. The van der Waals surface area contributed by atoms with Crippen LogP contribution in [-0.4, -0.2) is 25.1 Å². The topological polar surface area (TPSA) is 111 Å². The van der Waals surface area contributed by atoms with Gasteiger partial charge in [0.15, 0.2) is 5.78 Å². The number of ketones is 1. The number of nitrogens with zero attached hydrogens (tertiary/aromatic N) is 1. The minimum absolute atomic E-state index is 0.0183. The molecule has 0 unspecified atom stereocenters. The van der Waals surface area contributed by atoms with Crippen molar-refractivity contribution in [2.24, 2.45) is 16.5 Å². The van der Waals surface area contributed by atoms with E-state index in [9.17, 15) is 9.59 Å². The van der Waals surface area contributed by atoms with Crippen LogP contribution < -0.4 is 16.8 Å². The first-order valence-corrected chi connectivity index (χ1v) is 9.51. The van der Waals surface area contributed by atoms with Crippen LogP contribution in [0.5, 0.6) is 0 Å². The molecule has 1 amide bonds. The first-order valence-electron chi connectivity index (χ1n) is 9.51. The van der Waals surface area contributed by atoms with E-state index >= 15 is 0 Å². The lowest BCUT2D eigenvalue weighted by molar-refractivity contribution is 0.0950. The van der Waals surface area contributed by atoms with Gasteiger partial charge in [-0.3, -0.25) is 14.6 Å². The second-order valence-electron chi connectivity index (χ2n) is 6.26. The van der Waals surface area contributed by atoms with Gasteiger partial charge in [-0.25, -0.2) is 0 Å². The minimum Gasteiger partial charge on any atom is -0.390 e. The number of nitrogens with two attached hydrogens (primary N) is 2. The lowest BCUT2D eigenvalue weighted by atomic mass is 10.0. The summed E-state index contributed by atoms with van der Waals surface area (Å²) in [6, 6.07) is 23.7. The molecule has 3 rings (SSSR count). The molecule has 0 aliphatic heterocycles. The summed E-state index contributed by atoms with van der Waals surface area (Å²) in [6.45, 7) is 0.879. The molecule has 6 nitrogen and oxygen atoms in total. The molecule has 6 heteroatoms. The summed E-state index contributed by atoms with van der Waals surface area (Å²) < 4.78 is 0. The zero-order valence-electron chi connectivity index (χ0n) is 16.9. The van der Waals surface area contributed by atoms with Gasteiger partial charge in [0.1, 0.15) is 0 Å². The monoisotopic (exact) mass is 402 g/mol. The third-order valence-corrected chi connectivity index (χ3v) is 4.30. The molecule has 0 saturated carbocycles. The van der Waals surface area contributed by atoms with Crippen LogP contribution in [0.2, 0.25) is 0 Å². The van der Waals surface area contributed by atoms with Crippen molar-refractivity contribution in [2.45, 2.75) is 13.1 Å². The van der Waals surface area contributed by atoms with Crippen molar-refractivity contribution >= 4 is 18.0 Å². The number of benzene rings is 3. The molecule has 3 aromatic rings. The summed E-state index contributed by atoms with van der Waals surface area (Å²) in [7, 11) is 1.50. The van der Waals surface area contributed by atoms with Gasteiger partial charge in [0.2, 0.25) is 0 Å². The molecule has 154 valence electrons. The Morgan fingerprint density at radius 1 is 0.800 bits per heavy atom. The Hall–Kier alpha value is -3.77. The van der Waals surface area contributed by atoms with Gasteiger partial charge in [-0.1, -0.05) is 66.7 Å². The van der Waals surface area contributed by atoms with Crippen LogP contribution in [0.1, 0.15) is 37.4 Å². The third-order valence-electron chi connectivity index (χ3n) is 4.30. The summed E-state index contributed by atoms with van der Waals surface area (Å²) in [5, 5.41) is 2.88. The first-order chi connectivity index (χ1) is 14.7. The molecule has 0 aliphatic rings. The zero-order valence-corrected chi connectivity index (χ0v) is 16.9. The fraction of sp³-hybridized carbons (Fsp3) is 0.125. The number of rotatable bonds is 7. The van der Waals surface area contributed by atoms with Crippen molar-refractivity contribution in [3.8, 4) is 0 Å². The number of amides is 1. The Balaban J connectivity index is 0.00000155. The Bertz CT molecular complexity index is 966. The van der Waals surface area contributed by atoms with Crippen LogP contribution in [0.15, 0.2) is 83.9 Å². The normalized spacial score (nSPS) is 10.2. The molecule has 0 aromatic heterocycles. The van der Waals surface area contributed by atoms with Gasteiger partial charge in [0.25, 0.3) is 5.91 Å². The molecule has 0 bridgehead atoms. The van der Waals surface area contributed by atoms with E-state index in [4.69, 9.17) is 5.73 Å². The number of carbonyl (C=O) groups is 2. The number of hydrogen-bond acceptors (Lipinski definition) is 4. The molecule has 0 spiro atoms. The quantitative estimate of drug-likeness (QED) is 0.320. The van der Waals surface area contributed by atoms with Gasteiger partial charge in [-0.05, 0) is 30.3 Å². The number of aliphatic imine (C=N–C) groups is 1. The van der Waals surface area contributed by atoms with Crippen molar-refractivity contribution in [3.63, 3.8) is 0 Å². The molecular weight excluding hydrogens is 376 g/mol. The summed E-state index contributed by atoms with van der Waals surface area (Å²) in [5.41, 5.74) is 13.5. The highest BCUT2D eigenvalue weighted by atomic mass is 16.1. The van der Waals surface area contributed by atoms with Gasteiger partial charge >= 0.3 is 0 Å². The van der Waals surface area contributed by atoms with Crippen LogP contribution >= 0.6 is 0 Å². The van der Waals surface area contributed by atoms with E-state index < -0.39 is 0 Å². The van der Waals surface area contributed by atoms with Crippen LogP contribution in [0.3, 0.4) is 0 Å². The van der Waals surface area contributed by atoms with E-state index in [2.05, 4.69) is 16.0 Å². The van der Waals surface area contributed by atoms with Crippen LogP contribution in [0.4, 0.5) is 0 Å². The maximum Gasteiger partial charge on any atom is 0.251 e. The van der Waals surface area contributed by atoms with Gasteiger partial charge in [0.05, 0.1) is 12.9 Å². The predicted octanol–water partition coefficient (Wildman–Crippen LogP) is 2.91. The summed E-state index contributed by atoms with van der Waals surface area (Å²) >= 11 is 0. The average Bonchev–Trinajstić information content (AvgIpc) is 2.83.